The molecule has 5 unspecified atom stereocenters. The molecule has 17 nitrogen and oxygen atoms in total. The first-order chi connectivity index (χ1) is 47.7. The van der Waals surface area contributed by atoms with Crippen LogP contribution in [0.2, 0.25) is 0 Å². The molecule has 0 rings (SSSR count). The van der Waals surface area contributed by atoms with Crippen LogP contribution in [0.5, 0.6) is 0 Å². The molecule has 0 radical (unpaired) electrons. The van der Waals surface area contributed by atoms with Crippen molar-refractivity contribution < 1.29 is 80.2 Å². The number of carbonyl (C=O) groups is 4. The zero-order valence-electron chi connectivity index (χ0n) is 61.4. The van der Waals surface area contributed by atoms with Crippen LogP contribution in [0.25, 0.3) is 0 Å². The summed E-state index contributed by atoms with van der Waals surface area (Å²) in [6.45, 7) is 4.52. The van der Waals surface area contributed by atoms with E-state index >= 15 is 0 Å². The van der Waals surface area contributed by atoms with Crippen LogP contribution in [0.15, 0.2) is 109 Å². The quantitative estimate of drug-likeness (QED) is 0.0169. The van der Waals surface area contributed by atoms with Crippen LogP contribution in [0, 0.1) is 0 Å². The Morgan fingerprint density at radius 1 is 0.306 bits per heavy atom. The van der Waals surface area contributed by atoms with E-state index in [9.17, 15) is 43.2 Å². The largest absolute Gasteiger partial charge is 0.472 e. The van der Waals surface area contributed by atoms with Crippen molar-refractivity contribution in [3.63, 3.8) is 0 Å². The molecule has 3 N–H and O–H groups in total. The summed E-state index contributed by atoms with van der Waals surface area (Å²) in [5, 5.41) is 10.6. The molecule has 0 aliphatic carbocycles. The SMILES string of the molecule is CC/C=C\C/C=C\C/C=C\C/C=C\C/C=C\CC(=O)OCC(COP(=O)(O)OCC(O)COP(=O)(O)OCC(COC(=O)CCCCCC/C=C\C/C=C\C/C=C\C/C=C\CC)OC(=O)CCCCCCCCCCCCC)OC(=O)CCCCCCCCCCCCCCCCC. The number of rotatable bonds is 71. The Kier molecular flexibility index (Phi) is 68.0. The highest BCUT2D eigenvalue weighted by molar-refractivity contribution is 7.47. The number of allylic oxidation sites excluding steroid dienone is 17. The molecular formula is C79H136O17P2. The number of carbonyl (C=O) groups excluding carboxylic acids is 4. The Morgan fingerprint density at radius 3 is 0.908 bits per heavy atom. The molecule has 0 amide bonds. The predicted octanol–water partition coefficient (Wildman–Crippen LogP) is 21.8. The lowest BCUT2D eigenvalue weighted by atomic mass is 10.0. The maximum Gasteiger partial charge on any atom is 0.472 e. The second-order valence-corrected chi connectivity index (χ2v) is 28.1. The maximum atomic E-state index is 13.1. The molecule has 0 aromatic rings. The highest BCUT2D eigenvalue weighted by Gasteiger charge is 2.30. The molecule has 0 aromatic heterocycles. The summed E-state index contributed by atoms with van der Waals surface area (Å²) in [5.74, 6) is -2.34. The molecule has 0 aliphatic heterocycles. The van der Waals surface area contributed by atoms with Crippen molar-refractivity contribution in [3.8, 4) is 0 Å². The molecule has 0 bridgehead atoms. The molecule has 0 aromatic carbocycles. The van der Waals surface area contributed by atoms with Gasteiger partial charge in [-0.2, -0.15) is 0 Å². The van der Waals surface area contributed by atoms with Gasteiger partial charge in [-0.15, -0.1) is 0 Å². The normalized spacial score (nSPS) is 14.6. The van der Waals surface area contributed by atoms with Gasteiger partial charge < -0.3 is 33.8 Å². The minimum Gasteiger partial charge on any atom is -0.462 e. The summed E-state index contributed by atoms with van der Waals surface area (Å²) in [7, 11) is -9.97. The van der Waals surface area contributed by atoms with Gasteiger partial charge in [0.05, 0.1) is 32.8 Å². The van der Waals surface area contributed by atoms with Crippen molar-refractivity contribution in [2.75, 3.05) is 39.6 Å². The van der Waals surface area contributed by atoms with Gasteiger partial charge in [0.15, 0.2) is 12.2 Å². The summed E-state index contributed by atoms with van der Waals surface area (Å²) in [6, 6.07) is 0. The maximum absolute atomic E-state index is 13.1. The molecule has 564 valence electrons. The number of ether oxygens (including phenoxy) is 4. The van der Waals surface area contributed by atoms with Gasteiger partial charge in [-0.05, 0) is 89.9 Å². The molecule has 0 heterocycles. The minimum atomic E-state index is -4.99. The number of phosphoric acid groups is 2. The van der Waals surface area contributed by atoms with Crippen molar-refractivity contribution in [1.29, 1.82) is 0 Å². The highest BCUT2D eigenvalue weighted by atomic mass is 31.2. The summed E-state index contributed by atoms with van der Waals surface area (Å²) >= 11 is 0. The number of esters is 4. The van der Waals surface area contributed by atoms with Gasteiger partial charge in [0.25, 0.3) is 0 Å². The second kappa shape index (κ2) is 71.1. The third-order valence-electron chi connectivity index (χ3n) is 15.8. The standard InChI is InChI=1S/C79H136O17P2/c1-5-9-13-17-21-25-29-32-35-36-39-41-45-48-52-56-60-64-77(82)89-69-74(95-78(83)65-61-57-53-49-43-28-24-20-16-12-8-4)71-93-97(85,86)91-67-73(80)68-92-98(87,88)94-72-75(96-79(84)66-62-58-54-50-46-42-38-34-31-27-23-19-15-11-7-3)70-90-76(81)63-59-55-51-47-44-40-37-33-30-26-22-18-14-10-6-2/h9-10,13-14,21-22,25-26,32-33,35,37,39,41,44,47,55,59,73-75,80H,5-8,11-12,15-20,23-24,27-31,34,36,38,40,42-43,45-46,48-54,56-58,60-72H2,1-4H3,(H,85,86)(H,87,88)/b13-9-,14-10-,25-21-,26-22-,35-32-,37-33-,41-39-,47-44-,59-55-. The van der Waals surface area contributed by atoms with Gasteiger partial charge in [0.1, 0.15) is 19.3 Å². The highest BCUT2D eigenvalue weighted by Crippen LogP contribution is 2.45. The lowest BCUT2D eigenvalue weighted by Crippen LogP contribution is -2.30. The van der Waals surface area contributed by atoms with Crippen molar-refractivity contribution in [2.45, 2.75) is 329 Å². The topological polar surface area (TPSA) is 237 Å². The molecular weight excluding hydrogens is 1280 g/mol. The summed E-state index contributed by atoms with van der Waals surface area (Å²) < 4.78 is 68.3. The summed E-state index contributed by atoms with van der Waals surface area (Å²) in [4.78, 5) is 72.7. The first-order valence-corrected chi connectivity index (χ1v) is 41.1. The number of hydrogen-bond acceptors (Lipinski definition) is 15. The van der Waals surface area contributed by atoms with E-state index in [1.54, 1.807) is 6.08 Å². The lowest BCUT2D eigenvalue weighted by Gasteiger charge is -2.21. The zero-order valence-corrected chi connectivity index (χ0v) is 63.2. The molecule has 0 saturated heterocycles. The van der Waals surface area contributed by atoms with Crippen LogP contribution in [-0.2, 0) is 65.4 Å². The molecule has 19 heteroatoms. The smallest absolute Gasteiger partial charge is 0.462 e. The van der Waals surface area contributed by atoms with Crippen molar-refractivity contribution in [2.24, 2.45) is 0 Å². The van der Waals surface area contributed by atoms with Crippen molar-refractivity contribution >= 4 is 39.5 Å². The van der Waals surface area contributed by atoms with E-state index in [1.165, 1.54) is 103 Å². The summed E-state index contributed by atoms with van der Waals surface area (Å²) in [5.41, 5.74) is 0. The van der Waals surface area contributed by atoms with Crippen LogP contribution in [0.1, 0.15) is 310 Å². The third-order valence-corrected chi connectivity index (χ3v) is 17.7. The number of hydrogen-bond donors (Lipinski definition) is 3. The number of phosphoric ester groups is 2. The molecule has 5 atom stereocenters. The fourth-order valence-electron chi connectivity index (χ4n) is 10.0. The molecule has 0 saturated carbocycles. The van der Waals surface area contributed by atoms with Crippen molar-refractivity contribution in [3.05, 3.63) is 109 Å². The van der Waals surface area contributed by atoms with Crippen LogP contribution in [0.3, 0.4) is 0 Å². The minimum absolute atomic E-state index is 0.0693. The second-order valence-electron chi connectivity index (χ2n) is 25.2. The molecule has 0 fully saturated rings. The van der Waals surface area contributed by atoms with Crippen LogP contribution < -0.4 is 0 Å². The number of aliphatic hydroxyl groups excluding tert-OH is 1. The first kappa shape index (κ1) is 93.7. The first-order valence-electron chi connectivity index (χ1n) is 38.1. The Balaban J connectivity index is 5.39. The average Bonchev–Trinajstić information content (AvgIpc) is 0.982. The van der Waals surface area contributed by atoms with Crippen LogP contribution in [-0.4, -0.2) is 96.7 Å². The monoisotopic (exact) mass is 1420 g/mol. The fourth-order valence-corrected chi connectivity index (χ4v) is 11.6. The van der Waals surface area contributed by atoms with E-state index in [-0.39, 0.29) is 25.7 Å². The van der Waals surface area contributed by atoms with E-state index in [2.05, 4.69) is 113 Å². The molecule has 98 heavy (non-hydrogen) atoms. The number of aliphatic hydroxyl groups is 1. The van der Waals surface area contributed by atoms with E-state index in [0.717, 1.165) is 128 Å². The Morgan fingerprint density at radius 2 is 0.571 bits per heavy atom. The van der Waals surface area contributed by atoms with Gasteiger partial charge in [-0.3, -0.25) is 37.3 Å². The predicted molar refractivity (Wildman–Crippen MR) is 399 cm³/mol. The average molecular weight is 1420 g/mol. The van der Waals surface area contributed by atoms with Crippen molar-refractivity contribution in [1.82, 2.24) is 0 Å². The van der Waals surface area contributed by atoms with E-state index in [1.807, 2.05) is 18.2 Å². The van der Waals surface area contributed by atoms with E-state index in [0.29, 0.717) is 25.7 Å². The Hall–Kier alpha value is -4.28. The summed E-state index contributed by atoms with van der Waals surface area (Å²) in [6.07, 6.45) is 75.4. The van der Waals surface area contributed by atoms with E-state index in [4.69, 9.17) is 37.0 Å². The van der Waals surface area contributed by atoms with Crippen LogP contribution >= 0.6 is 15.6 Å². The number of unbranched alkanes of at least 4 members (excludes halogenated alkanes) is 28. The Labute approximate surface area is 594 Å². The van der Waals surface area contributed by atoms with Gasteiger partial charge in [-0.1, -0.05) is 304 Å². The third kappa shape index (κ3) is 70.2. The van der Waals surface area contributed by atoms with Gasteiger partial charge in [0.2, 0.25) is 0 Å². The van der Waals surface area contributed by atoms with Gasteiger partial charge in [0, 0.05) is 19.3 Å². The Bertz CT molecular complexity index is 2290. The van der Waals surface area contributed by atoms with Gasteiger partial charge in [-0.25, -0.2) is 9.13 Å². The van der Waals surface area contributed by atoms with E-state index < -0.39 is 97.5 Å². The molecule has 0 spiro atoms. The van der Waals surface area contributed by atoms with Crippen LogP contribution in [0.4, 0.5) is 0 Å². The fraction of sp³-hybridized carbons (Fsp3) is 0.722. The zero-order chi connectivity index (χ0) is 71.8. The molecule has 0 aliphatic rings. The van der Waals surface area contributed by atoms with Gasteiger partial charge >= 0.3 is 39.5 Å². The lowest BCUT2D eigenvalue weighted by molar-refractivity contribution is -0.161.